The number of sulfone groups is 1. The van der Waals surface area contributed by atoms with E-state index in [0.29, 0.717) is 0 Å². The summed E-state index contributed by atoms with van der Waals surface area (Å²) < 4.78 is 22.2. The molecule has 0 bridgehead atoms. The lowest BCUT2D eigenvalue weighted by Crippen LogP contribution is -2.08. The van der Waals surface area contributed by atoms with Gasteiger partial charge in [0.2, 0.25) is 0 Å². The highest BCUT2D eigenvalue weighted by atomic mass is 32.2. The van der Waals surface area contributed by atoms with Crippen LogP contribution in [0.15, 0.2) is 23.4 Å². The molecular weight excluding hydrogens is 166 g/mol. The molecule has 0 atom stereocenters. The van der Waals surface area contributed by atoms with Gasteiger partial charge in [-0.3, -0.25) is 0 Å². The molecule has 1 aromatic rings. The zero-order valence-electron chi connectivity index (χ0n) is 5.82. The molecule has 0 amide bonds. The van der Waals surface area contributed by atoms with E-state index in [1.165, 1.54) is 18.5 Å². The van der Waals surface area contributed by atoms with Crippen molar-refractivity contribution in [3.8, 4) is 0 Å². The molecule has 0 saturated heterocycles. The summed E-state index contributed by atoms with van der Waals surface area (Å²) in [7, 11) is -3.25. The van der Waals surface area contributed by atoms with E-state index in [1.54, 1.807) is 0 Å². The van der Waals surface area contributed by atoms with E-state index in [1.807, 2.05) is 0 Å². The molecule has 2 N–H and O–H groups in total. The molecule has 0 aliphatic heterocycles. The Kier molecular flexibility index (Phi) is 2.31. The molecule has 0 spiro atoms. The van der Waals surface area contributed by atoms with Gasteiger partial charge in [0, 0.05) is 12.4 Å². The first-order chi connectivity index (χ1) is 5.17. The second kappa shape index (κ2) is 3.06. The fraction of sp³-hybridized carbons (Fsp3) is 0.333. The first-order valence-corrected chi connectivity index (χ1v) is 4.78. The zero-order valence-corrected chi connectivity index (χ0v) is 6.63. The molecule has 0 aliphatic rings. The minimum Gasteiger partial charge on any atom is -0.395 e. The number of aromatic amines is 1. The maximum Gasteiger partial charge on any atom is 0.182 e. The van der Waals surface area contributed by atoms with Crippen molar-refractivity contribution in [1.29, 1.82) is 0 Å². The van der Waals surface area contributed by atoms with E-state index in [4.69, 9.17) is 5.11 Å². The third-order valence-electron chi connectivity index (χ3n) is 1.29. The van der Waals surface area contributed by atoms with Crippen molar-refractivity contribution in [2.75, 3.05) is 12.4 Å². The Balaban J connectivity index is 2.92. The number of aromatic nitrogens is 1. The monoisotopic (exact) mass is 175 g/mol. The Morgan fingerprint density at radius 1 is 1.55 bits per heavy atom. The predicted octanol–water partition coefficient (Wildman–Crippen LogP) is -0.219. The summed E-state index contributed by atoms with van der Waals surface area (Å²) in [4.78, 5) is 2.86. The van der Waals surface area contributed by atoms with Crippen molar-refractivity contribution in [1.82, 2.24) is 4.98 Å². The molecule has 11 heavy (non-hydrogen) atoms. The maximum absolute atomic E-state index is 11.1. The van der Waals surface area contributed by atoms with Gasteiger partial charge in [0.05, 0.1) is 17.3 Å². The number of aliphatic hydroxyl groups is 1. The largest absolute Gasteiger partial charge is 0.395 e. The van der Waals surface area contributed by atoms with Crippen LogP contribution in [0.1, 0.15) is 0 Å². The molecule has 0 saturated carbocycles. The Morgan fingerprint density at radius 2 is 2.27 bits per heavy atom. The zero-order chi connectivity index (χ0) is 8.32. The molecule has 1 aromatic heterocycles. The van der Waals surface area contributed by atoms with Crippen LogP contribution in [0.2, 0.25) is 0 Å². The number of H-pyrrole nitrogens is 1. The highest BCUT2D eigenvalue weighted by Crippen LogP contribution is 2.07. The van der Waals surface area contributed by atoms with Gasteiger partial charge in [-0.05, 0) is 6.07 Å². The molecular formula is C6H9NO3S. The molecule has 1 heterocycles. The Morgan fingerprint density at radius 3 is 2.73 bits per heavy atom. The third kappa shape index (κ3) is 1.81. The standard InChI is InChI=1S/C6H9NO3S/c8-3-4-11(9,10)6-1-2-7-5-6/h1-2,5,7-8H,3-4H2. The fourth-order valence-corrected chi connectivity index (χ4v) is 1.74. The normalized spacial score (nSPS) is 11.7. The molecule has 0 aromatic carbocycles. The summed E-state index contributed by atoms with van der Waals surface area (Å²) in [5, 5.41) is 8.41. The van der Waals surface area contributed by atoms with E-state index in [-0.39, 0.29) is 17.3 Å². The highest BCUT2D eigenvalue weighted by Gasteiger charge is 2.12. The Hall–Kier alpha value is -0.810. The van der Waals surface area contributed by atoms with Crippen LogP contribution in [0.5, 0.6) is 0 Å². The van der Waals surface area contributed by atoms with Gasteiger partial charge in [-0.15, -0.1) is 0 Å². The number of hydrogen-bond acceptors (Lipinski definition) is 3. The molecule has 0 aliphatic carbocycles. The van der Waals surface area contributed by atoms with E-state index >= 15 is 0 Å². The summed E-state index contributed by atoms with van der Waals surface area (Å²) in [5.41, 5.74) is 0. The van der Waals surface area contributed by atoms with Crippen LogP contribution in [-0.2, 0) is 9.84 Å². The van der Waals surface area contributed by atoms with Gasteiger partial charge >= 0.3 is 0 Å². The minimum atomic E-state index is -3.25. The van der Waals surface area contributed by atoms with Crippen molar-refractivity contribution < 1.29 is 13.5 Å². The Labute approximate surface area is 64.8 Å². The molecule has 62 valence electrons. The van der Waals surface area contributed by atoms with Crippen molar-refractivity contribution in [2.45, 2.75) is 4.90 Å². The van der Waals surface area contributed by atoms with Crippen molar-refractivity contribution in [2.24, 2.45) is 0 Å². The van der Waals surface area contributed by atoms with Crippen LogP contribution >= 0.6 is 0 Å². The lowest BCUT2D eigenvalue weighted by atomic mass is 10.7. The van der Waals surface area contributed by atoms with Gasteiger partial charge in [-0.1, -0.05) is 0 Å². The maximum atomic E-state index is 11.1. The van der Waals surface area contributed by atoms with E-state index in [0.717, 1.165) is 0 Å². The Bertz CT molecular complexity index is 301. The molecule has 1 rings (SSSR count). The smallest absolute Gasteiger partial charge is 0.182 e. The topological polar surface area (TPSA) is 70.2 Å². The SMILES string of the molecule is O=S(=O)(CCO)c1cc[nH]c1. The number of hydrogen-bond donors (Lipinski definition) is 2. The van der Waals surface area contributed by atoms with Gasteiger partial charge in [-0.25, -0.2) is 8.42 Å². The van der Waals surface area contributed by atoms with Crippen LogP contribution in [0.25, 0.3) is 0 Å². The minimum absolute atomic E-state index is 0.217. The van der Waals surface area contributed by atoms with Gasteiger partial charge < -0.3 is 10.1 Å². The molecule has 0 unspecified atom stereocenters. The summed E-state index contributed by atoms with van der Waals surface area (Å²) in [6, 6.07) is 1.46. The summed E-state index contributed by atoms with van der Waals surface area (Å²) >= 11 is 0. The second-order valence-electron chi connectivity index (χ2n) is 2.09. The second-order valence-corrected chi connectivity index (χ2v) is 4.20. The molecule has 5 heteroatoms. The van der Waals surface area contributed by atoms with Gasteiger partial charge in [0.15, 0.2) is 9.84 Å². The van der Waals surface area contributed by atoms with Crippen LogP contribution in [0, 0.1) is 0 Å². The predicted molar refractivity (Wildman–Crippen MR) is 39.9 cm³/mol. The van der Waals surface area contributed by atoms with E-state index in [9.17, 15) is 8.42 Å². The third-order valence-corrected chi connectivity index (χ3v) is 2.98. The molecule has 0 fully saturated rings. The van der Waals surface area contributed by atoms with Crippen LogP contribution in [0.4, 0.5) is 0 Å². The molecule has 4 nitrogen and oxygen atoms in total. The number of rotatable bonds is 3. The summed E-state index contributed by atoms with van der Waals surface area (Å²) in [5.74, 6) is -0.217. The van der Waals surface area contributed by atoms with Crippen molar-refractivity contribution in [3.05, 3.63) is 18.5 Å². The first kappa shape index (κ1) is 8.29. The first-order valence-electron chi connectivity index (χ1n) is 3.13. The van der Waals surface area contributed by atoms with E-state index < -0.39 is 9.84 Å². The van der Waals surface area contributed by atoms with Gasteiger partial charge in [-0.2, -0.15) is 0 Å². The number of aliphatic hydroxyl groups excluding tert-OH is 1. The van der Waals surface area contributed by atoms with E-state index in [2.05, 4.69) is 4.98 Å². The van der Waals surface area contributed by atoms with Crippen molar-refractivity contribution in [3.63, 3.8) is 0 Å². The lowest BCUT2D eigenvalue weighted by molar-refractivity contribution is 0.319. The quantitative estimate of drug-likeness (QED) is 0.667. The van der Waals surface area contributed by atoms with Gasteiger partial charge in [0.1, 0.15) is 0 Å². The molecule has 0 radical (unpaired) electrons. The highest BCUT2D eigenvalue weighted by molar-refractivity contribution is 7.91. The van der Waals surface area contributed by atoms with Crippen LogP contribution in [-0.4, -0.2) is 30.9 Å². The number of nitrogens with one attached hydrogen (secondary N) is 1. The van der Waals surface area contributed by atoms with Gasteiger partial charge in [0.25, 0.3) is 0 Å². The summed E-state index contributed by atoms with van der Waals surface area (Å²) in [6.45, 7) is -0.340. The average Bonchev–Trinajstić information content (AvgIpc) is 2.37. The summed E-state index contributed by atoms with van der Waals surface area (Å²) in [6.07, 6.45) is 2.93. The fourth-order valence-electron chi connectivity index (χ4n) is 0.740. The average molecular weight is 175 g/mol. The lowest BCUT2D eigenvalue weighted by Gasteiger charge is -1.96. The van der Waals surface area contributed by atoms with Crippen LogP contribution in [0.3, 0.4) is 0 Å². The van der Waals surface area contributed by atoms with Crippen molar-refractivity contribution >= 4 is 9.84 Å². The van der Waals surface area contributed by atoms with Crippen LogP contribution < -0.4 is 0 Å².